The molecule has 202 valence electrons. The average Bonchev–Trinajstić information content (AvgIpc) is 3.66. The summed E-state index contributed by atoms with van der Waals surface area (Å²) in [5, 5.41) is 26.4. The first-order valence-corrected chi connectivity index (χ1v) is 14.1. The number of halogens is 3. The van der Waals surface area contributed by atoms with E-state index < -0.39 is 11.6 Å². The first-order valence-electron chi connectivity index (χ1n) is 12.9. The highest BCUT2D eigenvalue weighted by atomic mass is 35.5. The van der Waals surface area contributed by atoms with Gasteiger partial charge in [0, 0.05) is 22.1 Å². The van der Waals surface area contributed by atoms with Crippen LogP contribution >= 0.6 is 34.8 Å². The van der Waals surface area contributed by atoms with Crippen molar-refractivity contribution in [2.24, 2.45) is 0 Å². The van der Waals surface area contributed by atoms with Gasteiger partial charge in [0.05, 0.1) is 33.9 Å². The van der Waals surface area contributed by atoms with Crippen molar-refractivity contribution >= 4 is 40.8 Å². The van der Waals surface area contributed by atoms with E-state index >= 15 is 0 Å². The molecule has 0 saturated heterocycles. The van der Waals surface area contributed by atoms with Crippen LogP contribution in [-0.4, -0.2) is 33.0 Å². The molecule has 1 atom stereocenters. The Morgan fingerprint density at radius 1 is 1.08 bits per heavy atom. The van der Waals surface area contributed by atoms with E-state index in [1.807, 2.05) is 18.2 Å². The topological polar surface area (TPSA) is 92.8 Å². The Labute approximate surface area is 240 Å². The molecule has 1 aromatic heterocycles. The number of carboxylic acids is 1. The quantitative estimate of drug-likeness (QED) is 0.279. The van der Waals surface area contributed by atoms with Crippen LogP contribution in [0.4, 0.5) is 0 Å². The van der Waals surface area contributed by atoms with E-state index in [0.29, 0.717) is 57.1 Å². The Bertz CT molecular complexity index is 1480. The van der Waals surface area contributed by atoms with Crippen LogP contribution in [0.3, 0.4) is 0 Å². The minimum atomic E-state index is -1.05. The number of carboxylic acid groups (broad SMARTS) is 1. The number of hydrogen-bond acceptors (Lipinski definition) is 5. The van der Waals surface area contributed by atoms with Gasteiger partial charge in [0.25, 0.3) is 0 Å². The van der Waals surface area contributed by atoms with Gasteiger partial charge in [-0.15, -0.1) is 0 Å². The zero-order chi connectivity index (χ0) is 27.3. The molecule has 2 aromatic carbocycles. The second kappa shape index (κ2) is 10.4. The largest absolute Gasteiger partial charge is 0.478 e. The van der Waals surface area contributed by atoms with Gasteiger partial charge in [-0.3, -0.25) is 0 Å². The highest BCUT2D eigenvalue weighted by Gasteiger charge is 2.47. The Kier molecular flexibility index (Phi) is 7.11. The van der Waals surface area contributed by atoms with E-state index in [1.54, 1.807) is 36.4 Å². The van der Waals surface area contributed by atoms with E-state index in [9.17, 15) is 15.0 Å². The van der Waals surface area contributed by atoms with E-state index in [0.717, 1.165) is 29.7 Å². The molecule has 6 rings (SSSR count). The number of carbonyl (C=O) groups is 1. The molecule has 1 unspecified atom stereocenters. The number of rotatable bonds is 8. The second-order valence-electron chi connectivity index (χ2n) is 10.5. The van der Waals surface area contributed by atoms with Crippen molar-refractivity contribution in [2.75, 3.05) is 0 Å². The maximum atomic E-state index is 11.3. The van der Waals surface area contributed by atoms with Gasteiger partial charge in [-0.1, -0.05) is 64.2 Å². The van der Waals surface area contributed by atoms with Gasteiger partial charge in [-0.2, -0.15) is 0 Å². The molecule has 6 nitrogen and oxygen atoms in total. The van der Waals surface area contributed by atoms with E-state index in [1.165, 1.54) is 0 Å². The maximum Gasteiger partial charge on any atom is 0.335 e. The molecule has 2 saturated carbocycles. The molecular weight excluding hydrogens is 561 g/mol. The van der Waals surface area contributed by atoms with Crippen LogP contribution in [0.5, 0.6) is 0 Å². The summed E-state index contributed by atoms with van der Waals surface area (Å²) in [6, 6.07) is 12.2. The van der Waals surface area contributed by atoms with Crippen LogP contribution in [0.2, 0.25) is 10.0 Å². The summed E-state index contributed by atoms with van der Waals surface area (Å²) >= 11 is 19.6. The Balaban J connectivity index is 1.14. The monoisotopic (exact) mass is 585 g/mol. The molecule has 0 amide bonds. The van der Waals surface area contributed by atoms with E-state index in [2.05, 4.69) is 5.16 Å². The molecule has 0 spiro atoms. The van der Waals surface area contributed by atoms with Crippen molar-refractivity contribution < 1.29 is 24.3 Å². The SMILES string of the molecule is O=C(O)c1cccc(C2CC(O)(C3=CCC(OCc4c(-c5c(Cl)cccc5Cl)noc4C4CC4)C=C3Cl)C2)c1. The van der Waals surface area contributed by atoms with E-state index in [-0.39, 0.29) is 24.2 Å². The van der Waals surface area contributed by atoms with Crippen molar-refractivity contribution in [2.45, 2.75) is 62.3 Å². The number of benzene rings is 2. The summed E-state index contributed by atoms with van der Waals surface area (Å²) in [5.41, 5.74) is 2.87. The fourth-order valence-corrected chi connectivity index (χ4v) is 6.53. The van der Waals surface area contributed by atoms with E-state index in [4.69, 9.17) is 44.1 Å². The minimum Gasteiger partial charge on any atom is -0.478 e. The Morgan fingerprint density at radius 3 is 2.46 bits per heavy atom. The minimum absolute atomic E-state index is 0.0677. The molecular formula is C30H26Cl3NO5. The third-order valence-corrected chi connectivity index (χ3v) is 8.79. The molecule has 0 aliphatic heterocycles. The fourth-order valence-electron chi connectivity index (χ4n) is 5.56. The van der Waals surface area contributed by atoms with Crippen LogP contribution in [0.1, 0.15) is 71.2 Å². The number of nitrogens with zero attached hydrogens (tertiary/aromatic N) is 1. The van der Waals surface area contributed by atoms with Crippen molar-refractivity contribution in [1.82, 2.24) is 5.16 Å². The lowest BCUT2D eigenvalue weighted by Gasteiger charge is -2.46. The summed E-state index contributed by atoms with van der Waals surface area (Å²) in [7, 11) is 0. The smallest absolute Gasteiger partial charge is 0.335 e. The van der Waals surface area contributed by atoms with Crippen molar-refractivity contribution in [3.63, 3.8) is 0 Å². The van der Waals surface area contributed by atoms with Crippen LogP contribution in [0.15, 0.2) is 69.7 Å². The Hall–Kier alpha value is -2.61. The fraction of sp³-hybridized carbons (Fsp3) is 0.333. The van der Waals surface area contributed by atoms with Crippen molar-refractivity contribution in [3.05, 3.63) is 97.7 Å². The summed E-state index contributed by atoms with van der Waals surface area (Å²) in [4.78, 5) is 11.3. The summed E-state index contributed by atoms with van der Waals surface area (Å²) in [5.74, 6) is 0.235. The predicted molar refractivity (Wildman–Crippen MR) is 149 cm³/mol. The van der Waals surface area contributed by atoms with Gasteiger partial charge in [0.15, 0.2) is 0 Å². The number of aromatic carboxylic acids is 1. The number of hydrogen-bond donors (Lipinski definition) is 2. The second-order valence-corrected chi connectivity index (χ2v) is 11.8. The van der Waals surface area contributed by atoms with Gasteiger partial charge in [0.2, 0.25) is 0 Å². The third-order valence-electron chi connectivity index (χ3n) is 7.83. The first-order chi connectivity index (χ1) is 18.7. The van der Waals surface area contributed by atoms with Gasteiger partial charge >= 0.3 is 5.97 Å². The first kappa shape index (κ1) is 26.6. The van der Waals surface area contributed by atoms with Gasteiger partial charge in [-0.25, -0.2) is 4.79 Å². The summed E-state index contributed by atoms with van der Waals surface area (Å²) in [6.07, 6.45) is 7.08. The van der Waals surface area contributed by atoms with Crippen LogP contribution in [0, 0.1) is 0 Å². The number of aromatic nitrogens is 1. The lowest BCUT2D eigenvalue weighted by atomic mass is 9.63. The molecule has 3 aliphatic carbocycles. The summed E-state index contributed by atoms with van der Waals surface area (Å²) < 4.78 is 12.0. The third kappa shape index (κ3) is 5.17. The average molecular weight is 587 g/mol. The van der Waals surface area contributed by atoms with Crippen molar-refractivity contribution in [1.29, 1.82) is 0 Å². The molecule has 2 N–H and O–H groups in total. The lowest BCUT2D eigenvalue weighted by Crippen LogP contribution is -2.45. The highest BCUT2D eigenvalue weighted by Crippen LogP contribution is 2.52. The highest BCUT2D eigenvalue weighted by molar-refractivity contribution is 6.39. The van der Waals surface area contributed by atoms with Crippen LogP contribution in [-0.2, 0) is 11.3 Å². The molecule has 3 aliphatic rings. The molecule has 1 heterocycles. The normalized spacial score (nSPS) is 24.6. The number of ether oxygens (including phenoxy) is 1. The van der Waals surface area contributed by atoms with Crippen LogP contribution < -0.4 is 0 Å². The summed E-state index contributed by atoms with van der Waals surface area (Å²) in [6.45, 7) is 0.257. The zero-order valence-electron chi connectivity index (χ0n) is 20.9. The molecule has 2 fully saturated rings. The van der Waals surface area contributed by atoms with Gasteiger partial charge in [-0.05, 0) is 79.5 Å². The van der Waals surface area contributed by atoms with Gasteiger partial charge < -0.3 is 19.5 Å². The molecule has 39 heavy (non-hydrogen) atoms. The Morgan fingerprint density at radius 2 is 1.79 bits per heavy atom. The zero-order valence-corrected chi connectivity index (χ0v) is 23.1. The van der Waals surface area contributed by atoms with Gasteiger partial charge in [0.1, 0.15) is 11.5 Å². The lowest BCUT2D eigenvalue weighted by molar-refractivity contribution is -0.0135. The predicted octanol–water partition coefficient (Wildman–Crippen LogP) is 7.87. The molecule has 3 aromatic rings. The molecule has 0 bridgehead atoms. The van der Waals surface area contributed by atoms with Crippen LogP contribution in [0.25, 0.3) is 11.3 Å². The standard InChI is InChI=1S/C30H26Cl3NO5/c31-23-5-2-6-24(32)26(23)27-21(28(39-34-27)16-7-8-16)15-38-20-9-10-22(25(33)12-20)30(37)13-19(14-30)17-3-1-4-18(11-17)29(35)36/h1-6,10-12,16,19-20,37H,7-9,13-15H2,(H,35,36). The maximum absolute atomic E-state index is 11.3. The molecule has 0 radical (unpaired) electrons. The molecule has 9 heteroatoms. The van der Waals surface area contributed by atoms with Crippen molar-refractivity contribution in [3.8, 4) is 11.3 Å². The number of aliphatic hydroxyl groups is 1.